The maximum Gasteiger partial charge on any atom is 0.309 e. The van der Waals surface area contributed by atoms with Crippen molar-refractivity contribution in [3.05, 3.63) is 65.9 Å². The van der Waals surface area contributed by atoms with Crippen molar-refractivity contribution in [1.29, 1.82) is 0 Å². The molecule has 3 aromatic rings. The molecule has 1 saturated heterocycles. The quantitative estimate of drug-likeness (QED) is 0.514. The van der Waals surface area contributed by atoms with Crippen LogP contribution in [0.25, 0.3) is 17.0 Å². The van der Waals surface area contributed by atoms with E-state index in [2.05, 4.69) is 18.2 Å². The minimum absolute atomic E-state index is 0.0616. The topological polar surface area (TPSA) is 68.7 Å². The first-order valence-electron chi connectivity index (χ1n) is 10.9. The molecule has 5 rings (SSSR count). The van der Waals surface area contributed by atoms with Crippen LogP contribution in [0.3, 0.4) is 0 Å². The number of ether oxygens (including phenoxy) is 2. The molecule has 1 aliphatic carbocycles. The fourth-order valence-corrected chi connectivity index (χ4v) is 5.19. The van der Waals surface area contributed by atoms with Crippen LogP contribution in [-0.4, -0.2) is 35.4 Å². The average Bonchev–Trinajstić information content (AvgIpc) is 3.63. The third kappa shape index (κ3) is 4.52. The summed E-state index contributed by atoms with van der Waals surface area (Å²) < 4.78 is 10.9. The van der Waals surface area contributed by atoms with Gasteiger partial charge in [-0.05, 0) is 43.2 Å². The number of carbonyl (C=O) groups is 1. The number of pyridine rings is 1. The van der Waals surface area contributed by atoms with E-state index < -0.39 is 12.2 Å². The number of aliphatic hydroxyl groups is 1. The summed E-state index contributed by atoms with van der Waals surface area (Å²) in [6, 6.07) is 16.2. The van der Waals surface area contributed by atoms with Crippen molar-refractivity contribution >= 4 is 34.7 Å². The third-order valence-electron chi connectivity index (χ3n) is 5.80. The molecule has 2 fully saturated rings. The van der Waals surface area contributed by atoms with Crippen LogP contribution in [-0.2, 0) is 9.53 Å². The van der Waals surface area contributed by atoms with Crippen molar-refractivity contribution in [2.45, 2.75) is 53.6 Å². The molecule has 164 valence electrons. The van der Waals surface area contributed by atoms with E-state index in [4.69, 9.17) is 14.5 Å². The molecular formula is C26H25NO4S. The monoisotopic (exact) mass is 447 g/mol. The molecule has 1 N–H and O–H groups in total. The van der Waals surface area contributed by atoms with Gasteiger partial charge in [0.25, 0.3) is 0 Å². The highest BCUT2D eigenvalue weighted by Crippen LogP contribution is 2.46. The number of aliphatic hydroxyl groups excluding tert-OH is 1. The van der Waals surface area contributed by atoms with Gasteiger partial charge in [-0.1, -0.05) is 42.1 Å². The maximum atomic E-state index is 11.8. The third-order valence-corrected chi connectivity index (χ3v) is 6.94. The predicted molar refractivity (Wildman–Crippen MR) is 125 cm³/mol. The molecule has 32 heavy (non-hydrogen) atoms. The van der Waals surface area contributed by atoms with Crippen molar-refractivity contribution in [1.82, 2.24) is 4.98 Å². The largest absolute Gasteiger partial charge is 0.497 e. The minimum atomic E-state index is -0.658. The number of nitrogens with zero attached hydrogens (tertiary/aromatic N) is 1. The Morgan fingerprint density at radius 3 is 2.81 bits per heavy atom. The molecular weight excluding hydrogens is 422 g/mol. The van der Waals surface area contributed by atoms with Gasteiger partial charge in [-0.3, -0.25) is 9.78 Å². The van der Waals surface area contributed by atoms with E-state index in [0.29, 0.717) is 12.3 Å². The van der Waals surface area contributed by atoms with Gasteiger partial charge in [0.15, 0.2) is 0 Å². The van der Waals surface area contributed by atoms with E-state index in [1.807, 2.05) is 42.5 Å². The van der Waals surface area contributed by atoms with E-state index in [0.717, 1.165) is 50.5 Å². The van der Waals surface area contributed by atoms with E-state index >= 15 is 0 Å². The first-order chi connectivity index (χ1) is 15.6. The first-order valence-corrected chi connectivity index (χ1v) is 11.7. The fraction of sp³-hybridized carbons (Fsp3) is 0.308. The van der Waals surface area contributed by atoms with E-state index in [-0.39, 0.29) is 12.4 Å². The van der Waals surface area contributed by atoms with Gasteiger partial charge in [-0.25, -0.2) is 0 Å². The lowest BCUT2D eigenvalue weighted by Gasteiger charge is -2.23. The number of hydrogen-bond donors (Lipinski definition) is 1. The van der Waals surface area contributed by atoms with Gasteiger partial charge in [0, 0.05) is 33.1 Å². The summed E-state index contributed by atoms with van der Waals surface area (Å²) in [6.45, 7) is 0. The second-order valence-corrected chi connectivity index (χ2v) is 9.38. The van der Waals surface area contributed by atoms with Gasteiger partial charge in [-0.15, -0.1) is 0 Å². The second kappa shape index (κ2) is 8.96. The molecule has 6 heteroatoms. The van der Waals surface area contributed by atoms with Crippen LogP contribution in [0.5, 0.6) is 5.75 Å². The molecule has 1 aliphatic heterocycles. The fourth-order valence-electron chi connectivity index (χ4n) is 4.07. The Kier molecular flexibility index (Phi) is 5.89. The SMILES string of the molecule is COc1cccc(Sc2c(/C=C/[C@@H]3C[C@@H](O)CC(=O)O3)c(C3CC3)nc3ccccc23)c1. The van der Waals surface area contributed by atoms with Crippen LogP contribution >= 0.6 is 11.8 Å². The number of esters is 1. The van der Waals surface area contributed by atoms with Crippen LogP contribution in [0.2, 0.25) is 0 Å². The van der Waals surface area contributed by atoms with Crippen LogP contribution in [0.4, 0.5) is 0 Å². The highest BCUT2D eigenvalue weighted by Gasteiger charge is 2.30. The molecule has 0 amide bonds. The Balaban J connectivity index is 1.61. The Morgan fingerprint density at radius 1 is 1.19 bits per heavy atom. The molecule has 0 spiro atoms. The van der Waals surface area contributed by atoms with Crippen molar-refractivity contribution in [3.8, 4) is 5.75 Å². The lowest BCUT2D eigenvalue weighted by molar-refractivity contribution is -0.156. The molecule has 0 unspecified atom stereocenters. The summed E-state index contributed by atoms with van der Waals surface area (Å²) >= 11 is 1.69. The number of aromatic nitrogens is 1. The lowest BCUT2D eigenvalue weighted by Crippen LogP contribution is -2.31. The zero-order valence-electron chi connectivity index (χ0n) is 17.9. The Hall–Kier alpha value is -2.83. The molecule has 5 nitrogen and oxygen atoms in total. The maximum absolute atomic E-state index is 11.8. The summed E-state index contributed by atoms with van der Waals surface area (Å²) in [6.07, 6.45) is 5.58. The average molecular weight is 448 g/mol. The number of carbonyl (C=O) groups excluding carboxylic acids is 1. The molecule has 2 atom stereocenters. The molecule has 0 radical (unpaired) electrons. The van der Waals surface area contributed by atoms with Gasteiger partial charge < -0.3 is 14.6 Å². The van der Waals surface area contributed by atoms with Crippen LogP contribution in [0, 0.1) is 0 Å². The van der Waals surface area contributed by atoms with E-state index in [1.165, 1.54) is 0 Å². The van der Waals surface area contributed by atoms with Crippen LogP contribution < -0.4 is 4.74 Å². The summed E-state index contributed by atoms with van der Waals surface area (Å²) in [5.41, 5.74) is 3.14. The summed E-state index contributed by atoms with van der Waals surface area (Å²) in [5.74, 6) is 0.905. The van der Waals surface area contributed by atoms with Crippen molar-refractivity contribution in [2.24, 2.45) is 0 Å². The van der Waals surface area contributed by atoms with Gasteiger partial charge in [0.05, 0.1) is 30.8 Å². The second-order valence-electron chi connectivity index (χ2n) is 8.29. The standard InChI is InChI=1S/C26H25NO4S/c1-30-18-5-4-6-20(15-18)32-26-21-7-2-3-8-23(21)27-25(16-9-10-16)22(26)12-11-19-13-17(28)14-24(29)31-19/h2-8,11-12,15-17,19,28H,9-10,13-14H2,1H3/b12-11+/t17-,19-/m1/s1. The van der Waals surface area contributed by atoms with Gasteiger partial charge in [0.1, 0.15) is 11.9 Å². The number of hydrogen-bond acceptors (Lipinski definition) is 6. The van der Waals surface area contributed by atoms with Crippen molar-refractivity contribution in [2.75, 3.05) is 7.11 Å². The van der Waals surface area contributed by atoms with Gasteiger partial charge in [-0.2, -0.15) is 0 Å². The molecule has 2 heterocycles. The molecule has 1 aromatic heterocycles. The van der Waals surface area contributed by atoms with Gasteiger partial charge >= 0.3 is 5.97 Å². The van der Waals surface area contributed by atoms with Crippen molar-refractivity contribution in [3.63, 3.8) is 0 Å². The number of para-hydroxylation sites is 1. The number of cyclic esters (lactones) is 1. The summed E-state index contributed by atoms with van der Waals surface area (Å²) in [5, 5.41) is 11.1. The van der Waals surface area contributed by atoms with Gasteiger partial charge in [0.2, 0.25) is 0 Å². The zero-order valence-corrected chi connectivity index (χ0v) is 18.7. The van der Waals surface area contributed by atoms with E-state index in [1.54, 1.807) is 18.9 Å². The normalized spacial score (nSPS) is 21.1. The molecule has 2 aliphatic rings. The number of benzene rings is 2. The molecule has 0 bridgehead atoms. The minimum Gasteiger partial charge on any atom is -0.497 e. The Bertz CT molecular complexity index is 1190. The number of methoxy groups -OCH3 is 1. The Labute approximate surface area is 191 Å². The Morgan fingerprint density at radius 2 is 2.03 bits per heavy atom. The number of fused-ring (bicyclic) bond motifs is 1. The van der Waals surface area contributed by atoms with Crippen LogP contribution in [0.1, 0.15) is 42.9 Å². The smallest absolute Gasteiger partial charge is 0.309 e. The molecule has 1 saturated carbocycles. The van der Waals surface area contributed by atoms with Crippen molar-refractivity contribution < 1.29 is 19.4 Å². The highest BCUT2D eigenvalue weighted by molar-refractivity contribution is 7.99. The first kappa shape index (κ1) is 21.0. The molecule has 2 aromatic carbocycles. The lowest BCUT2D eigenvalue weighted by atomic mass is 10.0. The predicted octanol–water partition coefficient (Wildman–Crippen LogP) is 5.35. The number of rotatable bonds is 6. The zero-order chi connectivity index (χ0) is 22.1. The summed E-state index contributed by atoms with van der Waals surface area (Å²) in [7, 11) is 1.67. The highest BCUT2D eigenvalue weighted by atomic mass is 32.2. The summed E-state index contributed by atoms with van der Waals surface area (Å²) in [4.78, 5) is 19.0. The van der Waals surface area contributed by atoms with Crippen LogP contribution in [0.15, 0.2) is 64.4 Å². The van der Waals surface area contributed by atoms with E-state index in [9.17, 15) is 9.90 Å².